The number of hydrogen-bond acceptors (Lipinski definition) is 6. The molecule has 0 fully saturated rings. The monoisotopic (exact) mass is 276 g/mol. The molecule has 2 rings (SSSR count). The number of carboxylic acids is 1. The van der Waals surface area contributed by atoms with Crippen LogP contribution in [-0.2, 0) is 6.54 Å². The third-order valence-electron chi connectivity index (χ3n) is 2.46. The van der Waals surface area contributed by atoms with E-state index in [0.717, 1.165) is 23.2 Å². The summed E-state index contributed by atoms with van der Waals surface area (Å²) in [5.41, 5.74) is -0.566. The van der Waals surface area contributed by atoms with E-state index in [0.29, 0.717) is 5.69 Å². The summed E-state index contributed by atoms with van der Waals surface area (Å²) < 4.78 is 1.03. The van der Waals surface area contributed by atoms with Crippen molar-refractivity contribution in [1.29, 1.82) is 0 Å². The number of carboxylic acid groups (broad SMARTS) is 1. The van der Waals surface area contributed by atoms with Crippen LogP contribution in [-0.4, -0.2) is 30.5 Å². The fourth-order valence-electron chi connectivity index (χ4n) is 1.47. The molecule has 102 valence electrons. The highest BCUT2D eigenvalue weighted by Crippen LogP contribution is 2.07. The quantitative estimate of drug-likeness (QED) is 0.627. The molecule has 0 saturated heterocycles. The Morgan fingerprint density at radius 2 is 2.10 bits per heavy atom. The summed E-state index contributed by atoms with van der Waals surface area (Å²) in [6.07, 6.45) is 3.08. The van der Waals surface area contributed by atoms with Crippen LogP contribution in [0.25, 0.3) is 0 Å². The third-order valence-corrected chi connectivity index (χ3v) is 2.46. The highest BCUT2D eigenvalue weighted by molar-refractivity contribution is 5.87. The van der Waals surface area contributed by atoms with E-state index in [-0.39, 0.29) is 17.8 Å². The minimum absolute atomic E-state index is 0.0123. The second-order valence-electron chi connectivity index (χ2n) is 3.82. The molecule has 0 bridgehead atoms. The topological polar surface area (TPSA) is 128 Å². The molecule has 0 aliphatic rings. The number of nitro groups is 1. The van der Waals surface area contributed by atoms with Crippen molar-refractivity contribution in [2.45, 2.75) is 6.54 Å². The molecule has 0 aliphatic carbocycles. The molecule has 2 aromatic rings. The lowest BCUT2D eigenvalue weighted by atomic mass is 10.2. The molecule has 0 aliphatic heterocycles. The first kappa shape index (κ1) is 13.3. The molecular weight excluding hydrogens is 268 g/mol. The van der Waals surface area contributed by atoms with Crippen LogP contribution in [0.3, 0.4) is 0 Å². The summed E-state index contributed by atoms with van der Waals surface area (Å²) in [4.78, 5) is 39.3. The van der Waals surface area contributed by atoms with E-state index in [1.54, 1.807) is 0 Å². The van der Waals surface area contributed by atoms with Crippen molar-refractivity contribution in [2.24, 2.45) is 0 Å². The van der Waals surface area contributed by atoms with Gasteiger partial charge in [-0.1, -0.05) is 0 Å². The number of hydrogen-bond donors (Lipinski definition) is 1. The Hall–Kier alpha value is -3.10. The van der Waals surface area contributed by atoms with E-state index >= 15 is 0 Å². The number of carbonyl (C=O) groups is 1. The number of aromatic nitrogens is 3. The summed E-state index contributed by atoms with van der Waals surface area (Å²) in [5.74, 6) is -1.11. The van der Waals surface area contributed by atoms with Crippen LogP contribution in [0.2, 0.25) is 0 Å². The number of rotatable bonds is 4. The van der Waals surface area contributed by atoms with E-state index in [2.05, 4.69) is 9.97 Å². The van der Waals surface area contributed by atoms with Crippen LogP contribution in [0, 0.1) is 10.1 Å². The SMILES string of the molecule is O=C(O)c1ccc(Cn2cc([N+](=O)[O-])cnc2=O)nc1. The Balaban J connectivity index is 2.29. The molecule has 2 heterocycles. The molecule has 0 saturated carbocycles. The van der Waals surface area contributed by atoms with Crippen molar-refractivity contribution in [1.82, 2.24) is 14.5 Å². The molecular formula is C11H8N4O5. The van der Waals surface area contributed by atoms with Crippen molar-refractivity contribution < 1.29 is 14.8 Å². The van der Waals surface area contributed by atoms with Gasteiger partial charge in [0.1, 0.15) is 6.20 Å². The van der Waals surface area contributed by atoms with Gasteiger partial charge >= 0.3 is 17.3 Å². The van der Waals surface area contributed by atoms with E-state index in [4.69, 9.17) is 5.11 Å². The van der Waals surface area contributed by atoms with Crippen molar-refractivity contribution >= 4 is 11.7 Å². The normalized spacial score (nSPS) is 10.2. The van der Waals surface area contributed by atoms with E-state index < -0.39 is 16.6 Å². The van der Waals surface area contributed by atoms with Crippen LogP contribution >= 0.6 is 0 Å². The molecule has 0 unspecified atom stereocenters. The maximum Gasteiger partial charge on any atom is 0.348 e. The van der Waals surface area contributed by atoms with Crippen LogP contribution < -0.4 is 5.69 Å². The number of aromatic carboxylic acids is 1. The summed E-state index contributed by atoms with van der Waals surface area (Å²) in [7, 11) is 0. The third kappa shape index (κ3) is 2.83. The first-order chi connectivity index (χ1) is 9.47. The Kier molecular flexibility index (Phi) is 3.51. The van der Waals surface area contributed by atoms with Gasteiger partial charge in [-0.25, -0.2) is 9.59 Å². The first-order valence-electron chi connectivity index (χ1n) is 5.36. The average Bonchev–Trinajstić information content (AvgIpc) is 2.41. The summed E-state index contributed by atoms with van der Waals surface area (Å²) >= 11 is 0. The van der Waals surface area contributed by atoms with Gasteiger partial charge in [-0.3, -0.25) is 19.7 Å². The number of pyridine rings is 1. The van der Waals surface area contributed by atoms with Crippen molar-refractivity contribution in [2.75, 3.05) is 0 Å². The Morgan fingerprint density at radius 3 is 2.65 bits per heavy atom. The summed E-state index contributed by atoms with van der Waals surface area (Å²) in [5, 5.41) is 19.3. The lowest BCUT2D eigenvalue weighted by Crippen LogP contribution is -2.23. The van der Waals surface area contributed by atoms with Gasteiger partial charge in [-0.15, -0.1) is 0 Å². The highest BCUT2D eigenvalue weighted by Gasteiger charge is 2.10. The zero-order valence-corrected chi connectivity index (χ0v) is 9.96. The van der Waals surface area contributed by atoms with Gasteiger partial charge in [-0.05, 0) is 12.1 Å². The summed E-state index contributed by atoms with van der Waals surface area (Å²) in [6.45, 7) is -0.0343. The number of nitrogens with zero attached hydrogens (tertiary/aromatic N) is 4. The van der Waals surface area contributed by atoms with Crippen molar-refractivity contribution in [3.63, 3.8) is 0 Å². The second-order valence-corrected chi connectivity index (χ2v) is 3.82. The zero-order chi connectivity index (χ0) is 14.7. The maximum absolute atomic E-state index is 11.5. The molecule has 9 heteroatoms. The van der Waals surface area contributed by atoms with Crippen LogP contribution in [0.1, 0.15) is 16.1 Å². The zero-order valence-electron chi connectivity index (χ0n) is 9.96. The lowest BCUT2D eigenvalue weighted by molar-refractivity contribution is -0.385. The smallest absolute Gasteiger partial charge is 0.348 e. The molecule has 0 radical (unpaired) electrons. The van der Waals surface area contributed by atoms with Crippen molar-refractivity contribution in [3.8, 4) is 0 Å². The highest BCUT2D eigenvalue weighted by atomic mass is 16.6. The average molecular weight is 276 g/mol. The molecule has 2 aromatic heterocycles. The predicted octanol–water partition coefficient (Wildman–Crippen LogP) is 0.293. The molecule has 0 atom stereocenters. The minimum atomic E-state index is -1.11. The van der Waals surface area contributed by atoms with Crippen LogP contribution in [0.4, 0.5) is 5.69 Å². The van der Waals surface area contributed by atoms with Gasteiger partial charge < -0.3 is 5.11 Å². The van der Waals surface area contributed by atoms with Gasteiger partial charge in [-0.2, -0.15) is 4.98 Å². The molecule has 9 nitrogen and oxygen atoms in total. The largest absolute Gasteiger partial charge is 0.478 e. The predicted molar refractivity (Wildman–Crippen MR) is 65.4 cm³/mol. The standard InChI is InChI=1S/C11H8N4O5/c16-10(17)7-1-2-8(12-3-7)5-14-6-9(15(19)20)4-13-11(14)18/h1-4,6H,5H2,(H,16,17). The van der Waals surface area contributed by atoms with E-state index in [1.807, 2.05) is 0 Å². The fourth-order valence-corrected chi connectivity index (χ4v) is 1.47. The second kappa shape index (κ2) is 5.26. The fraction of sp³-hybridized carbons (Fsp3) is 0.0909. The molecule has 0 aromatic carbocycles. The Bertz CT molecular complexity index is 722. The van der Waals surface area contributed by atoms with Gasteiger partial charge in [0.05, 0.1) is 28.9 Å². The molecule has 20 heavy (non-hydrogen) atoms. The molecule has 0 amide bonds. The maximum atomic E-state index is 11.5. The lowest BCUT2D eigenvalue weighted by Gasteiger charge is -2.04. The van der Waals surface area contributed by atoms with E-state index in [9.17, 15) is 19.7 Å². The van der Waals surface area contributed by atoms with Gasteiger partial charge in [0.25, 0.3) is 0 Å². The van der Waals surface area contributed by atoms with Gasteiger partial charge in [0.2, 0.25) is 0 Å². The van der Waals surface area contributed by atoms with E-state index in [1.165, 1.54) is 12.1 Å². The molecule has 1 N–H and O–H groups in total. The first-order valence-corrected chi connectivity index (χ1v) is 5.36. The molecule has 0 spiro atoms. The Labute approximate surface area is 111 Å². The van der Waals surface area contributed by atoms with Crippen molar-refractivity contribution in [3.05, 3.63) is 62.6 Å². The van der Waals surface area contributed by atoms with Gasteiger partial charge in [0, 0.05) is 6.20 Å². The Morgan fingerprint density at radius 1 is 1.35 bits per heavy atom. The van der Waals surface area contributed by atoms with Gasteiger partial charge in [0.15, 0.2) is 0 Å². The minimum Gasteiger partial charge on any atom is -0.478 e. The van der Waals surface area contributed by atoms with Crippen LogP contribution in [0.15, 0.2) is 35.5 Å². The summed E-state index contributed by atoms with van der Waals surface area (Å²) in [6, 6.07) is 2.76. The van der Waals surface area contributed by atoms with Crippen LogP contribution in [0.5, 0.6) is 0 Å².